The number of hydrogen-bond acceptors (Lipinski definition) is 2. The first-order valence-corrected chi connectivity index (χ1v) is 8.63. The van der Waals surface area contributed by atoms with Crippen molar-refractivity contribution in [2.75, 3.05) is 0 Å². The average molecular weight is 427 g/mol. The molecular formula is C14H8BrClF3NO2S. The third-order valence-corrected chi connectivity index (χ3v) is 4.95. The first kappa shape index (κ1) is 18.0. The Morgan fingerprint density at radius 3 is 2.22 bits per heavy atom. The van der Waals surface area contributed by atoms with Gasteiger partial charge in [-0.2, -0.15) is 26.0 Å². The quantitative estimate of drug-likeness (QED) is 0.654. The molecule has 0 amide bonds. The van der Waals surface area contributed by atoms with Crippen molar-refractivity contribution in [3.8, 4) is 0 Å². The smallest absolute Gasteiger partial charge is 0.199 e. The van der Waals surface area contributed by atoms with Crippen LogP contribution in [0.15, 0.2) is 56.2 Å². The first-order valence-electron chi connectivity index (χ1n) is 6.02. The summed E-state index contributed by atoms with van der Waals surface area (Å²) < 4.78 is 65.5. The molecule has 0 unspecified atom stereocenters. The van der Waals surface area contributed by atoms with Gasteiger partial charge in [-0.3, -0.25) is 0 Å². The van der Waals surface area contributed by atoms with Crippen LogP contribution in [-0.4, -0.2) is 14.6 Å². The molecule has 0 aliphatic carbocycles. The standard InChI is InChI=1S/C14H8BrClF3NO2S/c15-13-7-11(16)4-1-9(13)8-20-23(21,22)12-5-2-10(3-6-12)14(17,18)19/h1-8H/b20-8+. The van der Waals surface area contributed by atoms with E-state index in [4.69, 9.17) is 11.6 Å². The minimum Gasteiger partial charge on any atom is -0.199 e. The summed E-state index contributed by atoms with van der Waals surface area (Å²) >= 11 is 8.98. The minimum absolute atomic E-state index is 0.327. The molecule has 0 atom stereocenters. The van der Waals surface area contributed by atoms with Gasteiger partial charge in [0.05, 0.1) is 10.5 Å². The lowest BCUT2D eigenvalue weighted by Gasteiger charge is -2.06. The summed E-state index contributed by atoms with van der Waals surface area (Å²) in [5.74, 6) is 0. The fourth-order valence-electron chi connectivity index (χ4n) is 1.61. The fourth-order valence-corrected chi connectivity index (χ4v) is 3.25. The van der Waals surface area contributed by atoms with E-state index in [1.165, 1.54) is 0 Å². The predicted molar refractivity (Wildman–Crippen MR) is 85.4 cm³/mol. The summed E-state index contributed by atoms with van der Waals surface area (Å²) in [7, 11) is -4.10. The Hall–Kier alpha value is -1.38. The number of rotatable bonds is 3. The van der Waals surface area contributed by atoms with E-state index < -0.39 is 21.8 Å². The van der Waals surface area contributed by atoms with Crippen molar-refractivity contribution < 1.29 is 21.6 Å². The number of nitrogens with zero attached hydrogens (tertiary/aromatic N) is 1. The van der Waals surface area contributed by atoms with Crippen LogP contribution >= 0.6 is 27.5 Å². The van der Waals surface area contributed by atoms with Crippen LogP contribution in [-0.2, 0) is 16.2 Å². The molecule has 122 valence electrons. The van der Waals surface area contributed by atoms with Gasteiger partial charge >= 0.3 is 6.18 Å². The maximum absolute atomic E-state index is 12.5. The van der Waals surface area contributed by atoms with Gasteiger partial charge in [0.1, 0.15) is 0 Å². The van der Waals surface area contributed by atoms with Crippen LogP contribution in [0.3, 0.4) is 0 Å². The zero-order valence-corrected chi connectivity index (χ0v) is 14.3. The van der Waals surface area contributed by atoms with Crippen molar-refractivity contribution in [2.45, 2.75) is 11.1 Å². The normalized spacial score (nSPS) is 12.7. The second kappa shape index (κ2) is 6.62. The summed E-state index contributed by atoms with van der Waals surface area (Å²) in [6.07, 6.45) is -3.44. The first-order chi connectivity index (χ1) is 10.6. The van der Waals surface area contributed by atoms with Crippen molar-refractivity contribution >= 4 is 43.8 Å². The van der Waals surface area contributed by atoms with Gasteiger partial charge in [0.25, 0.3) is 10.0 Å². The van der Waals surface area contributed by atoms with Crippen LogP contribution < -0.4 is 0 Å². The third kappa shape index (κ3) is 4.55. The van der Waals surface area contributed by atoms with Crippen LogP contribution in [0.5, 0.6) is 0 Å². The molecule has 2 aromatic carbocycles. The number of hydrogen-bond donors (Lipinski definition) is 0. The molecular weight excluding hydrogens is 419 g/mol. The van der Waals surface area contributed by atoms with Gasteiger partial charge in [-0.1, -0.05) is 33.6 Å². The molecule has 0 saturated heterocycles. The highest BCUT2D eigenvalue weighted by molar-refractivity contribution is 9.10. The lowest BCUT2D eigenvalue weighted by atomic mass is 10.2. The van der Waals surface area contributed by atoms with Crippen LogP contribution in [0.2, 0.25) is 5.02 Å². The molecule has 0 bridgehead atoms. The largest absolute Gasteiger partial charge is 0.416 e. The summed E-state index contributed by atoms with van der Waals surface area (Å²) in [6.45, 7) is 0. The molecule has 0 spiro atoms. The van der Waals surface area contributed by atoms with Crippen molar-refractivity contribution in [1.82, 2.24) is 0 Å². The molecule has 23 heavy (non-hydrogen) atoms. The van der Waals surface area contributed by atoms with Crippen molar-refractivity contribution in [1.29, 1.82) is 0 Å². The van der Waals surface area contributed by atoms with Gasteiger partial charge in [0.15, 0.2) is 0 Å². The molecule has 0 aliphatic rings. The maximum Gasteiger partial charge on any atom is 0.416 e. The highest BCUT2D eigenvalue weighted by Gasteiger charge is 2.30. The summed E-state index contributed by atoms with van der Waals surface area (Å²) in [6, 6.07) is 7.80. The lowest BCUT2D eigenvalue weighted by molar-refractivity contribution is -0.137. The summed E-state index contributed by atoms with van der Waals surface area (Å²) in [5, 5.41) is 0.458. The van der Waals surface area contributed by atoms with Gasteiger partial charge in [-0.15, -0.1) is 0 Å². The monoisotopic (exact) mass is 425 g/mol. The topological polar surface area (TPSA) is 46.5 Å². The fraction of sp³-hybridized carbons (Fsp3) is 0.0714. The van der Waals surface area contributed by atoms with E-state index in [1.54, 1.807) is 18.2 Å². The number of sulfonamides is 1. The highest BCUT2D eigenvalue weighted by Crippen LogP contribution is 2.30. The van der Waals surface area contributed by atoms with Gasteiger partial charge in [-0.25, -0.2) is 0 Å². The number of benzene rings is 2. The van der Waals surface area contributed by atoms with Crippen LogP contribution in [0.4, 0.5) is 13.2 Å². The Labute approximate surface area is 144 Å². The Morgan fingerprint density at radius 2 is 1.70 bits per heavy atom. The lowest BCUT2D eigenvalue weighted by Crippen LogP contribution is -2.05. The second-order valence-electron chi connectivity index (χ2n) is 4.40. The van der Waals surface area contributed by atoms with Crippen LogP contribution in [0.25, 0.3) is 0 Å². The Balaban J connectivity index is 2.30. The molecule has 0 saturated carbocycles. The Kier molecular flexibility index (Phi) is 5.17. The van der Waals surface area contributed by atoms with Crippen molar-refractivity contribution in [3.63, 3.8) is 0 Å². The van der Waals surface area contributed by atoms with Gasteiger partial charge in [0, 0.05) is 21.3 Å². The van der Waals surface area contributed by atoms with Crippen molar-refractivity contribution in [3.05, 3.63) is 63.1 Å². The van der Waals surface area contributed by atoms with E-state index in [0.717, 1.165) is 18.3 Å². The molecule has 2 aromatic rings. The second-order valence-corrected chi connectivity index (χ2v) is 7.32. The van der Waals surface area contributed by atoms with E-state index in [-0.39, 0.29) is 4.90 Å². The van der Waals surface area contributed by atoms with Crippen LogP contribution in [0, 0.1) is 0 Å². The molecule has 0 fully saturated rings. The molecule has 0 heterocycles. The molecule has 0 N–H and O–H groups in total. The van der Waals surface area contributed by atoms with E-state index in [9.17, 15) is 21.6 Å². The van der Waals surface area contributed by atoms with Crippen molar-refractivity contribution in [2.24, 2.45) is 4.40 Å². The van der Waals surface area contributed by atoms with Crippen LogP contribution in [0.1, 0.15) is 11.1 Å². The van der Waals surface area contributed by atoms with Gasteiger partial charge in [0.2, 0.25) is 0 Å². The molecule has 2 rings (SSSR count). The van der Waals surface area contributed by atoms with E-state index in [1.807, 2.05) is 0 Å². The molecule has 9 heteroatoms. The summed E-state index contributed by atoms with van der Waals surface area (Å²) in [4.78, 5) is -0.327. The number of alkyl halides is 3. The average Bonchev–Trinajstić information content (AvgIpc) is 2.45. The predicted octanol–water partition coefficient (Wildman–Crippen LogP) is 4.93. The highest BCUT2D eigenvalue weighted by atomic mass is 79.9. The molecule has 0 aliphatic heterocycles. The third-order valence-electron chi connectivity index (χ3n) is 2.77. The molecule has 0 radical (unpaired) electrons. The van der Waals surface area contributed by atoms with Gasteiger partial charge < -0.3 is 0 Å². The van der Waals surface area contributed by atoms with E-state index >= 15 is 0 Å². The Morgan fingerprint density at radius 1 is 1.09 bits per heavy atom. The zero-order chi connectivity index (χ0) is 17.3. The SMILES string of the molecule is O=S(=O)(/N=C/c1ccc(Cl)cc1Br)c1ccc(C(F)(F)F)cc1. The Bertz CT molecular complexity index is 849. The molecule has 0 aromatic heterocycles. The molecule has 3 nitrogen and oxygen atoms in total. The van der Waals surface area contributed by atoms with E-state index in [0.29, 0.717) is 27.2 Å². The number of halogens is 5. The zero-order valence-electron chi connectivity index (χ0n) is 11.2. The van der Waals surface area contributed by atoms with Gasteiger partial charge in [-0.05, 0) is 36.4 Å². The maximum atomic E-state index is 12.5. The summed E-state index contributed by atoms with van der Waals surface area (Å²) in [5.41, 5.74) is -0.467. The minimum atomic E-state index is -4.53. The van der Waals surface area contributed by atoms with E-state index in [2.05, 4.69) is 20.3 Å².